The molecule has 1 aromatic rings. The fourth-order valence-corrected chi connectivity index (χ4v) is 2.93. The summed E-state index contributed by atoms with van der Waals surface area (Å²) in [6.07, 6.45) is 1.80. The zero-order valence-corrected chi connectivity index (χ0v) is 12.9. The van der Waals surface area contributed by atoms with Gasteiger partial charge in [-0.25, -0.2) is 17.6 Å². The number of rotatable bonds is 8. The van der Waals surface area contributed by atoms with E-state index in [-0.39, 0.29) is 22.8 Å². The Morgan fingerprint density at radius 1 is 1.33 bits per heavy atom. The summed E-state index contributed by atoms with van der Waals surface area (Å²) >= 11 is 0. The van der Waals surface area contributed by atoms with Gasteiger partial charge in [0, 0.05) is 6.61 Å². The van der Waals surface area contributed by atoms with Crippen LogP contribution in [0.5, 0.6) is 0 Å². The third-order valence-corrected chi connectivity index (χ3v) is 4.61. The lowest BCUT2D eigenvalue weighted by molar-refractivity contribution is 0.0691. The van der Waals surface area contributed by atoms with Crippen LogP contribution in [0.4, 0.5) is 4.39 Å². The van der Waals surface area contributed by atoms with Crippen LogP contribution in [0.1, 0.15) is 35.7 Å². The molecule has 0 aliphatic carbocycles. The second-order valence-electron chi connectivity index (χ2n) is 4.69. The van der Waals surface area contributed by atoms with E-state index in [1.165, 1.54) is 6.92 Å². The molecule has 0 saturated heterocycles. The standard InChI is InChI=1S/C14H19FO5S/c1-3-4-5-20-6-7-21(18,19)11-8-10(2)13(15)12(9-11)14(16)17/h8-9H,3-7H2,1-2H3,(H,16,17). The number of unbranched alkanes of at least 4 members (excludes halogenated alkanes) is 1. The van der Waals surface area contributed by atoms with Crippen molar-refractivity contribution in [1.82, 2.24) is 0 Å². The highest BCUT2D eigenvalue weighted by molar-refractivity contribution is 7.91. The maximum absolute atomic E-state index is 13.6. The summed E-state index contributed by atoms with van der Waals surface area (Å²) < 4.78 is 43.0. The molecule has 21 heavy (non-hydrogen) atoms. The summed E-state index contributed by atoms with van der Waals surface area (Å²) in [4.78, 5) is 10.7. The van der Waals surface area contributed by atoms with Gasteiger partial charge in [0.1, 0.15) is 5.82 Å². The number of ether oxygens (including phenoxy) is 1. The highest BCUT2D eigenvalue weighted by atomic mass is 32.2. The molecule has 0 fully saturated rings. The zero-order valence-electron chi connectivity index (χ0n) is 12.1. The molecule has 1 N–H and O–H groups in total. The first-order chi connectivity index (χ1) is 9.79. The number of carbonyl (C=O) groups is 1. The molecule has 1 aromatic carbocycles. The van der Waals surface area contributed by atoms with Crippen molar-refractivity contribution in [3.8, 4) is 0 Å². The molecule has 118 valence electrons. The van der Waals surface area contributed by atoms with Crippen LogP contribution in [0.2, 0.25) is 0 Å². The third-order valence-electron chi connectivity index (χ3n) is 2.96. The third kappa shape index (κ3) is 4.78. The van der Waals surface area contributed by atoms with E-state index in [1.54, 1.807) is 0 Å². The molecular weight excluding hydrogens is 299 g/mol. The minimum atomic E-state index is -3.70. The molecule has 0 spiro atoms. The monoisotopic (exact) mass is 318 g/mol. The maximum Gasteiger partial charge on any atom is 0.338 e. The van der Waals surface area contributed by atoms with Gasteiger partial charge in [-0.05, 0) is 31.0 Å². The van der Waals surface area contributed by atoms with E-state index in [4.69, 9.17) is 9.84 Å². The molecule has 7 heteroatoms. The second-order valence-corrected chi connectivity index (χ2v) is 6.80. The van der Waals surface area contributed by atoms with Crippen molar-refractivity contribution in [3.05, 3.63) is 29.1 Å². The first-order valence-electron chi connectivity index (χ1n) is 6.63. The van der Waals surface area contributed by atoms with Gasteiger partial charge in [-0.2, -0.15) is 0 Å². The van der Waals surface area contributed by atoms with Crippen LogP contribution in [-0.2, 0) is 14.6 Å². The lowest BCUT2D eigenvalue weighted by Gasteiger charge is -2.09. The summed E-state index contributed by atoms with van der Waals surface area (Å²) in [6.45, 7) is 3.84. The number of hydrogen-bond acceptors (Lipinski definition) is 4. The zero-order chi connectivity index (χ0) is 16.0. The molecule has 1 rings (SSSR count). The molecule has 0 unspecified atom stereocenters. The average Bonchev–Trinajstić information content (AvgIpc) is 2.40. The fraction of sp³-hybridized carbons (Fsp3) is 0.500. The molecule has 0 atom stereocenters. The van der Waals surface area contributed by atoms with Crippen molar-refractivity contribution in [2.75, 3.05) is 19.0 Å². The summed E-state index contributed by atoms with van der Waals surface area (Å²) in [5.74, 6) is -2.67. The lowest BCUT2D eigenvalue weighted by atomic mass is 10.1. The Morgan fingerprint density at radius 2 is 2.00 bits per heavy atom. The molecule has 0 aliphatic heterocycles. The number of aromatic carboxylic acids is 1. The summed E-state index contributed by atoms with van der Waals surface area (Å²) in [7, 11) is -3.70. The van der Waals surface area contributed by atoms with Crippen LogP contribution in [0, 0.1) is 12.7 Å². The van der Waals surface area contributed by atoms with Crippen LogP contribution in [0.3, 0.4) is 0 Å². The Bertz CT molecular complexity index is 610. The molecule has 0 bridgehead atoms. The van der Waals surface area contributed by atoms with Gasteiger partial charge >= 0.3 is 5.97 Å². The number of benzene rings is 1. The Kier molecular flexibility index (Phi) is 6.29. The minimum Gasteiger partial charge on any atom is -0.478 e. The van der Waals surface area contributed by atoms with Crippen LogP contribution < -0.4 is 0 Å². The Balaban J connectivity index is 2.91. The quantitative estimate of drug-likeness (QED) is 0.588. The summed E-state index contributed by atoms with van der Waals surface area (Å²) in [5, 5.41) is 8.89. The molecule has 0 aliphatic rings. The fourth-order valence-electron chi connectivity index (χ4n) is 1.71. The van der Waals surface area contributed by atoms with Crippen molar-refractivity contribution in [3.63, 3.8) is 0 Å². The largest absolute Gasteiger partial charge is 0.478 e. The van der Waals surface area contributed by atoms with Crippen molar-refractivity contribution >= 4 is 15.8 Å². The predicted octanol–water partition coefficient (Wildman–Crippen LogP) is 2.42. The van der Waals surface area contributed by atoms with Gasteiger partial charge in [0.25, 0.3) is 0 Å². The van der Waals surface area contributed by atoms with E-state index in [2.05, 4.69) is 0 Å². The first kappa shape index (κ1) is 17.6. The van der Waals surface area contributed by atoms with Gasteiger partial charge in [0.05, 0.1) is 22.8 Å². The van der Waals surface area contributed by atoms with Gasteiger partial charge in [-0.15, -0.1) is 0 Å². The highest BCUT2D eigenvalue weighted by Gasteiger charge is 2.21. The highest BCUT2D eigenvalue weighted by Crippen LogP contribution is 2.20. The van der Waals surface area contributed by atoms with Crippen molar-refractivity contribution in [2.24, 2.45) is 0 Å². The smallest absolute Gasteiger partial charge is 0.338 e. The SMILES string of the molecule is CCCCOCCS(=O)(=O)c1cc(C)c(F)c(C(=O)O)c1. The van der Waals surface area contributed by atoms with Crippen LogP contribution >= 0.6 is 0 Å². The van der Waals surface area contributed by atoms with Gasteiger partial charge in [0.15, 0.2) is 9.84 Å². The second kappa shape index (κ2) is 7.51. The molecule has 0 aromatic heterocycles. The van der Waals surface area contributed by atoms with Crippen LogP contribution in [0.25, 0.3) is 0 Å². The van der Waals surface area contributed by atoms with Gasteiger partial charge in [0.2, 0.25) is 0 Å². The van der Waals surface area contributed by atoms with Gasteiger partial charge < -0.3 is 9.84 Å². The molecule has 0 saturated carbocycles. The van der Waals surface area contributed by atoms with Gasteiger partial charge in [-0.1, -0.05) is 13.3 Å². The first-order valence-corrected chi connectivity index (χ1v) is 8.28. The van der Waals surface area contributed by atoms with Crippen molar-refractivity contribution in [1.29, 1.82) is 0 Å². The summed E-state index contributed by atoms with van der Waals surface area (Å²) in [5.41, 5.74) is -0.652. The average molecular weight is 318 g/mol. The van der Waals surface area contributed by atoms with Crippen molar-refractivity contribution < 1.29 is 27.4 Å². The van der Waals surface area contributed by atoms with E-state index in [0.29, 0.717) is 6.61 Å². The van der Waals surface area contributed by atoms with E-state index in [9.17, 15) is 17.6 Å². The van der Waals surface area contributed by atoms with Crippen LogP contribution in [0.15, 0.2) is 17.0 Å². The van der Waals surface area contributed by atoms with E-state index < -0.39 is 27.2 Å². The molecular formula is C14H19FO5S. The number of halogens is 1. The Hall–Kier alpha value is -1.47. The van der Waals surface area contributed by atoms with E-state index in [1.807, 2.05) is 6.92 Å². The predicted molar refractivity (Wildman–Crippen MR) is 75.9 cm³/mol. The van der Waals surface area contributed by atoms with Crippen molar-refractivity contribution in [2.45, 2.75) is 31.6 Å². The molecule has 0 amide bonds. The van der Waals surface area contributed by atoms with E-state index in [0.717, 1.165) is 25.0 Å². The molecule has 5 nitrogen and oxygen atoms in total. The topological polar surface area (TPSA) is 80.7 Å². The van der Waals surface area contributed by atoms with Crippen LogP contribution in [-0.4, -0.2) is 38.5 Å². The number of hydrogen-bond donors (Lipinski definition) is 1. The maximum atomic E-state index is 13.6. The number of sulfone groups is 1. The normalized spacial score (nSPS) is 11.6. The van der Waals surface area contributed by atoms with Gasteiger partial charge in [-0.3, -0.25) is 0 Å². The summed E-state index contributed by atoms with van der Waals surface area (Å²) in [6, 6.07) is 2.00. The molecule has 0 radical (unpaired) electrons. The Morgan fingerprint density at radius 3 is 2.57 bits per heavy atom. The number of carboxylic acid groups (broad SMARTS) is 1. The number of carboxylic acids is 1. The lowest BCUT2D eigenvalue weighted by Crippen LogP contribution is -2.15. The number of aryl methyl sites for hydroxylation is 1. The minimum absolute atomic E-state index is 0.0135. The molecule has 0 heterocycles. The Labute approximate surface area is 123 Å². The van der Waals surface area contributed by atoms with E-state index >= 15 is 0 Å².